The highest BCUT2D eigenvalue weighted by atomic mass is 32.2. The number of nitrogens with one attached hydrogen (secondary N) is 1. The lowest BCUT2D eigenvalue weighted by molar-refractivity contribution is 0.182. The predicted octanol–water partition coefficient (Wildman–Crippen LogP) is 3.01. The van der Waals surface area contributed by atoms with E-state index in [1.165, 1.54) is 19.2 Å². The molecule has 0 saturated carbocycles. The van der Waals surface area contributed by atoms with Crippen LogP contribution in [-0.4, -0.2) is 41.3 Å². The first-order chi connectivity index (χ1) is 14.7. The zero-order chi connectivity index (χ0) is 22.9. The first kappa shape index (κ1) is 25.1. The van der Waals surface area contributed by atoms with Gasteiger partial charge in [0.25, 0.3) is 0 Å². The molecule has 172 valence electrons. The van der Waals surface area contributed by atoms with E-state index in [9.17, 15) is 12.8 Å². The van der Waals surface area contributed by atoms with E-state index >= 15 is 0 Å². The summed E-state index contributed by atoms with van der Waals surface area (Å²) in [5.74, 6) is 0.500. The van der Waals surface area contributed by atoms with Crippen LogP contribution in [0.3, 0.4) is 0 Å². The lowest BCUT2D eigenvalue weighted by Gasteiger charge is -2.17. The molecule has 0 heterocycles. The smallest absolute Gasteiger partial charge is 0.238 e. The maximum absolute atomic E-state index is 13.5. The number of primary sulfonamides is 1. The average Bonchev–Trinajstić information content (AvgIpc) is 2.71. The summed E-state index contributed by atoms with van der Waals surface area (Å²) in [6.07, 6.45) is 1.44. The summed E-state index contributed by atoms with van der Waals surface area (Å²) in [5.41, 5.74) is 1.36. The number of sulfonamides is 1. The Morgan fingerprint density at radius 2 is 1.84 bits per heavy atom. The highest BCUT2D eigenvalue weighted by Gasteiger charge is 2.16. The maximum atomic E-state index is 13.5. The third-order valence-corrected chi connectivity index (χ3v) is 5.49. The van der Waals surface area contributed by atoms with Gasteiger partial charge in [0.2, 0.25) is 10.0 Å². The molecule has 0 radical (unpaired) electrons. The van der Waals surface area contributed by atoms with E-state index in [4.69, 9.17) is 19.3 Å². The summed E-state index contributed by atoms with van der Waals surface area (Å²) in [6.45, 7) is 5.52. The maximum Gasteiger partial charge on any atom is 0.238 e. The Hall–Kier alpha value is -2.20. The number of benzene rings is 2. The van der Waals surface area contributed by atoms with Crippen molar-refractivity contribution >= 4 is 10.0 Å². The van der Waals surface area contributed by atoms with Crippen molar-refractivity contribution in [1.82, 2.24) is 5.32 Å². The van der Waals surface area contributed by atoms with E-state index in [0.717, 1.165) is 12.0 Å². The third-order valence-electron chi connectivity index (χ3n) is 4.50. The molecule has 31 heavy (non-hydrogen) atoms. The lowest BCUT2D eigenvalue weighted by Crippen LogP contribution is -2.32. The molecule has 0 saturated heterocycles. The second-order valence-corrected chi connectivity index (χ2v) is 8.80. The minimum absolute atomic E-state index is 0.0496. The van der Waals surface area contributed by atoms with Gasteiger partial charge in [0.1, 0.15) is 12.4 Å². The van der Waals surface area contributed by atoms with Gasteiger partial charge in [-0.2, -0.15) is 0 Å². The molecule has 0 spiro atoms. The van der Waals surface area contributed by atoms with Crippen LogP contribution in [0.4, 0.5) is 4.39 Å². The van der Waals surface area contributed by atoms with Crippen molar-refractivity contribution in [3.05, 3.63) is 53.3 Å². The van der Waals surface area contributed by atoms with Crippen LogP contribution in [0.15, 0.2) is 41.3 Å². The molecule has 0 aliphatic carbocycles. The molecular weight excluding hydrogens is 423 g/mol. The first-order valence-corrected chi connectivity index (χ1v) is 11.7. The summed E-state index contributed by atoms with van der Waals surface area (Å²) in [6, 6.07) is 9.43. The Bertz CT molecular complexity index is 953. The third kappa shape index (κ3) is 8.10. The molecule has 3 N–H and O–H groups in total. The van der Waals surface area contributed by atoms with E-state index in [1.54, 1.807) is 18.2 Å². The summed E-state index contributed by atoms with van der Waals surface area (Å²) in [4.78, 5) is 0.0769. The number of halogens is 1. The minimum atomic E-state index is -3.84. The van der Waals surface area contributed by atoms with E-state index in [0.29, 0.717) is 43.2 Å². The van der Waals surface area contributed by atoms with Gasteiger partial charge in [-0.15, -0.1) is 0 Å². The number of rotatable bonds is 13. The van der Waals surface area contributed by atoms with E-state index in [2.05, 4.69) is 5.32 Å². The van der Waals surface area contributed by atoms with E-state index in [-0.39, 0.29) is 23.4 Å². The molecule has 7 nitrogen and oxygen atoms in total. The van der Waals surface area contributed by atoms with E-state index in [1.807, 2.05) is 19.9 Å². The van der Waals surface area contributed by atoms with Crippen LogP contribution < -0.4 is 19.9 Å². The second-order valence-electron chi connectivity index (χ2n) is 7.27. The van der Waals surface area contributed by atoms with Crippen LogP contribution >= 0.6 is 0 Å². The molecule has 0 aromatic heterocycles. The van der Waals surface area contributed by atoms with Gasteiger partial charge < -0.3 is 19.5 Å². The SMILES string of the molecule is CCCOc1ccc(F)cc1OCCNC(C)Cc1ccc(COC)c(S(N)(=O)=O)c1. The molecule has 1 atom stereocenters. The van der Waals surface area contributed by atoms with Crippen molar-refractivity contribution in [2.24, 2.45) is 5.14 Å². The Morgan fingerprint density at radius 1 is 1.10 bits per heavy atom. The molecule has 0 amide bonds. The van der Waals surface area contributed by atoms with E-state index < -0.39 is 10.0 Å². The Kier molecular flexibility index (Phi) is 9.70. The fourth-order valence-corrected chi connectivity index (χ4v) is 3.89. The van der Waals surface area contributed by atoms with Gasteiger partial charge in [0.05, 0.1) is 18.1 Å². The van der Waals surface area contributed by atoms with Crippen LogP contribution in [0, 0.1) is 5.82 Å². The van der Waals surface area contributed by atoms with Crippen molar-refractivity contribution in [2.75, 3.05) is 26.9 Å². The van der Waals surface area contributed by atoms with Crippen molar-refractivity contribution in [3.63, 3.8) is 0 Å². The van der Waals surface area contributed by atoms with Crippen molar-refractivity contribution in [3.8, 4) is 11.5 Å². The van der Waals surface area contributed by atoms with Crippen LogP contribution in [0.2, 0.25) is 0 Å². The van der Waals surface area contributed by atoms with Crippen molar-refractivity contribution in [2.45, 2.75) is 44.2 Å². The number of methoxy groups -OCH3 is 1. The van der Waals surface area contributed by atoms with Gasteiger partial charge in [0, 0.05) is 25.8 Å². The fraction of sp³-hybridized carbons (Fsp3) is 0.455. The molecule has 2 aromatic carbocycles. The zero-order valence-electron chi connectivity index (χ0n) is 18.2. The standard InChI is InChI=1S/C22H31FN2O5S/c1-4-10-29-20-8-7-19(23)14-21(20)30-11-9-25-16(2)12-17-5-6-18(15-28-3)22(13-17)31(24,26)27/h5-8,13-14,16,25H,4,9-12,15H2,1-3H3,(H2,24,26,27). The number of ether oxygens (including phenoxy) is 3. The molecule has 0 aliphatic heterocycles. The quantitative estimate of drug-likeness (QED) is 0.452. The Labute approximate surface area is 183 Å². The molecule has 0 fully saturated rings. The molecule has 9 heteroatoms. The topological polar surface area (TPSA) is 99.9 Å². The highest BCUT2D eigenvalue weighted by molar-refractivity contribution is 7.89. The normalized spacial score (nSPS) is 12.5. The van der Waals surface area contributed by atoms with Gasteiger partial charge in [-0.05, 0) is 49.1 Å². The molecule has 2 rings (SSSR count). The van der Waals surface area contributed by atoms with Crippen LogP contribution in [-0.2, 0) is 27.8 Å². The fourth-order valence-electron chi connectivity index (χ4n) is 3.08. The van der Waals surface area contributed by atoms with Crippen LogP contribution in [0.5, 0.6) is 11.5 Å². The molecule has 2 aromatic rings. The second kappa shape index (κ2) is 12.0. The van der Waals surface area contributed by atoms with Crippen LogP contribution in [0.25, 0.3) is 0 Å². The first-order valence-electron chi connectivity index (χ1n) is 10.2. The number of hydrogen-bond donors (Lipinski definition) is 2. The highest BCUT2D eigenvalue weighted by Crippen LogP contribution is 2.28. The number of nitrogens with two attached hydrogens (primary N) is 1. The largest absolute Gasteiger partial charge is 0.490 e. The van der Waals surface area contributed by atoms with Crippen molar-refractivity contribution < 1.29 is 27.0 Å². The summed E-state index contributed by atoms with van der Waals surface area (Å²) >= 11 is 0. The van der Waals surface area contributed by atoms with Gasteiger partial charge in [-0.25, -0.2) is 17.9 Å². The zero-order valence-corrected chi connectivity index (χ0v) is 19.0. The molecule has 1 unspecified atom stereocenters. The lowest BCUT2D eigenvalue weighted by atomic mass is 10.1. The molecular formula is C22H31FN2O5S. The molecule has 0 bridgehead atoms. The average molecular weight is 455 g/mol. The van der Waals surface area contributed by atoms with Gasteiger partial charge in [0.15, 0.2) is 11.5 Å². The summed E-state index contributed by atoms with van der Waals surface area (Å²) in [5, 5.41) is 8.65. The Balaban J connectivity index is 1.90. The Morgan fingerprint density at radius 3 is 2.52 bits per heavy atom. The number of hydrogen-bond acceptors (Lipinski definition) is 6. The summed E-state index contributed by atoms with van der Waals surface area (Å²) in [7, 11) is -2.35. The molecule has 0 aliphatic rings. The van der Waals surface area contributed by atoms with Gasteiger partial charge in [-0.3, -0.25) is 0 Å². The minimum Gasteiger partial charge on any atom is -0.490 e. The predicted molar refractivity (Wildman–Crippen MR) is 117 cm³/mol. The van der Waals surface area contributed by atoms with Gasteiger partial charge in [-0.1, -0.05) is 19.1 Å². The van der Waals surface area contributed by atoms with Gasteiger partial charge >= 0.3 is 0 Å². The van der Waals surface area contributed by atoms with Crippen molar-refractivity contribution in [1.29, 1.82) is 0 Å². The summed E-state index contributed by atoms with van der Waals surface area (Å²) < 4.78 is 53.6. The van der Waals surface area contributed by atoms with Crippen LogP contribution in [0.1, 0.15) is 31.4 Å². The monoisotopic (exact) mass is 454 g/mol.